The van der Waals surface area contributed by atoms with E-state index in [1.165, 1.54) is 69.8 Å². The Morgan fingerprint density at radius 1 is 0.810 bits per heavy atom. The van der Waals surface area contributed by atoms with Crippen molar-refractivity contribution in [3.05, 3.63) is 35.9 Å². The van der Waals surface area contributed by atoms with Crippen molar-refractivity contribution in [1.29, 1.82) is 0 Å². The average molecular weight is 290 g/mol. The van der Waals surface area contributed by atoms with E-state index in [0.717, 1.165) is 6.54 Å². The van der Waals surface area contributed by atoms with Gasteiger partial charge in [0.25, 0.3) is 0 Å². The van der Waals surface area contributed by atoms with E-state index in [-0.39, 0.29) is 0 Å². The highest BCUT2D eigenvalue weighted by molar-refractivity contribution is 5.14. The van der Waals surface area contributed by atoms with E-state index < -0.39 is 0 Å². The molecular weight excluding hydrogens is 254 g/mol. The minimum Gasteiger partial charge on any atom is -0.310 e. The fourth-order valence-electron chi connectivity index (χ4n) is 2.75. The Balaban J connectivity index is 1.88. The summed E-state index contributed by atoms with van der Waals surface area (Å²) in [7, 11) is 0. The highest BCUT2D eigenvalue weighted by atomic mass is 14.9. The molecule has 0 aliphatic heterocycles. The quantitative estimate of drug-likeness (QED) is 0.433. The van der Waals surface area contributed by atoms with Crippen molar-refractivity contribution in [3.63, 3.8) is 0 Å². The van der Waals surface area contributed by atoms with Gasteiger partial charge in [-0.1, -0.05) is 95.0 Å². The largest absolute Gasteiger partial charge is 0.310 e. The van der Waals surface area contributed by atoms with Gasteiger partial charge in [0, 0.05) is 12.6 Å². The summed E-state index contributed by atoms with van der Waals surface area (Å²) in [5, 5.41) is 3.62. The Morgan fingerprint density at radius 2 is 1.38 bits per heavy atom. The maximum absolute atomic E-state index is 3.62. The number of benzene rings is 1. The van der Waals surface area contributed by atoms with Gasteiger partial charge in [-0.3, -0.25) is 0 Å². The molecule has 0 amide bonds. The van der Waals surface area contributed by atoms with Crippen LogP contribution < -0.4 is 5.32 Å². The van der Waals surface area contributed by atoms with Gasteiger partial charge < -0.3 is 5.32 Å². The molecule has 1 unspecified atom stereocenters. The van der Waals surface area contributed by atoms with E-state index in [4.69, 9.17) is 0 Å². The number of hydrogen-bond donors (Lipinski definition) is 1. The van der Waals surface area contributed by atoms with Crippen LogP contribution in [0.4, 0.5) is 0 Å². The highest BCUT2D eigenvalue weighted by Gasteiger charge is 2.01. The molecule has 0 radical (unpaired) electrons. The molecule has 21 heavy (non-hydrogen) atoms. The summed E-state index contributed by atoms with van der Waals surface area (Å²) in [6.45, 7) is 5.60. The first-order valence-corrected chi connectivity index (χ1v) is 9.10. The van der Waals surface area contributed by atoms with Crippen LogP contribution in [0.3, 0.4) is 0 Å². The lowest BCUT2D eigenvalue weighted by Crippen LogP contribution is -2.25. The van der Waals surface area contributed by atoms with Gasteiger partial charge in [0.2, 0.25) is 0 Å². The molecule has 1 atom stereocenters. The Hall–Kier alpha value is -0.820. The molecule has 0 saturated carbocycles. The second-order valence-corrected chi connectivity index (χ2v) is 6.38. The Bertz CT molecular complexity index is 320. The summed E-state index contributed by atoms with van der Waals surface area (Å²) >= 11 is 0. The molecule has 1 N–H and O–H groups in total. The third-order valence-electron chi connectivity index (χ3n) is 4.24. The van der Waals surface area contributed by atoms with Gasteiger partial charge in [0.15, 0.2) is 0 Å². The van der Waals surface area contributed by atoms with Gasteiger partial charge in [0.05, 0.1) is 0 Å². The minimum absolute atomic E-state index is 0.634. The normalized spacial score (nSPS) is 12.5. The molecule has 0 saturated heterocycles. The lowest BCUT2D eigenvalue weighted by molar-refractivity contribution is 0.475. The summed E-state index contributed by atoms with van der Waals surface area (Å²) in [5.41, 5.74) is 1.39. The van der Waals surface area contributed by atoms with Crippen LogP contribution in [0, 0.1) is 0 Å². The van der Waals surface area contributed by atoms with Crippen LogP contribution >= 0.6 is 0 Å². The number of unbranched alkanes of at least 4 members (excludes halogenated alkanes) is 8. The summed E-state index contributed by atoms with van der Waals surface area (Å²) in [4.78, 5) is 0. The van der Waals surface area contributed by atoms with E-state index in [1.54, 1.807) is 0 Å². The maximum Gasteiger partial charge on any atom is 0.0207 e. The van der Waals surface area contributed by atoms with E-state index in [1.807, 2.05) is 0 Å². The van der Waals surface area contributed by atoms with Crippen LogP contribution in [0.1, 0.15) is 83.6 Å². The van der Waals surface area contributed by atoms with Crippen molar-refractivity contribution < 1.29 is 0 Å². The molecule has 0 aliphatic carbocycles. The monoisotopic (exact) mass is 289 g/mol. The number of hydrogen-bond acceptors (Lipinski definition) is 1. The lowest BCUT2D eigenvalue weighted by atomic mass is 10.0. The second-order valence-electron chi connectivity index (χ2n) is 6.38. The Kier molecular flexibility index (Phi) is 11.2. The van der Waals surface area contributed by atoms with Gasteiger partial charge in [-0.15, -0.1) is 0 Å². The van der Waals surface area contributed by atoms with Gasteiger partial charge in [-0.2, -0.15) is 0 Å². The number of nitrogens with one attached hydrogen (secondary N) is 1. The average Bonchev–Trinajstić information content (AvgIpc) is 2.52. The smallest absolute Gasteiger partial charge is 0.0207 e. The van der Waals surface area contributed by atoms with Crippen molar-refractivity contribution in [2.24, 2.45) is 0 Å². The van der Waals surface area contributed by atoms with E-state index in [2.05, 4.69) is 49.5 Å². The summed E-state index contributed by atoms with van der Waals surface area (Å²) in [6.07, 6.45) is 14.1. The first kappa shape index (κ1) is 18.2. The molecule has 1 aromatic rings. The van der Waals surface area contributed by atoms with Crippen molar-refractivity contribution in [1.82, 2.24) is 5.32 Å². The fraction of sp³-hybridized carbons (Fsp3) is 0.700. The third kappa shape index (κ3) is 10.5. The first-order valence-electron chi connectivity index (χ1n) is 9.10. The van der Waals surface area contributed by atoms with Crippen LogP contribution in [0.2, 0.25) is 0 Å². The maximum atomic E-state index is 3.62. The van der Waals surface area contributed by atoms with Crippen molar-refractivity contribution in [2.75, 3.05) is 0 Å². The van der Waals surface area contributed by atoms with E-state index >= 15 is 0 Å². The fourth-order valence-corrected chi connectivity index (χ4v) is 2.75. The van der Waals surface area contributed by atoms with Gasteiger partial charge >= 0.3 is 0 Å². The molecule has 1 nitrogen and oxygen atoms in total. The standard InChI is InChI=1S/C20H35N/c1-3-4-5-6-7-8-9-10-12-15-19(2)21-18-20-16-13-11-14-17-20/h11,13-14,16-17,19,21H,3-10,12,15,18H2,1-2H3. The third-order valence-corrected chi connectivity index (χ3v) is 4.24. The SMILES string of the molecule is CCCCCCCCCCCC(C)NCc1ccccc1. The molecule has 1 heteroatoms. The summed E-state index contributed by atoms with van der Waals surface area (Å²) in [6, 6.07) is 11.3. The lowest BCUT2D eigenvalue weighted by Gasteiger charge is -2.13. The van der Waals surface area contributed by atoms with E-state index in [0.29, 0.717) is 6.04 Å². The molecule has 0 fully saturated rings. The molecular formula is C20H35N. The van der Waals surface area contributed by atoms with Crippen LogP contribution in [0.15, 0.2) is 30.3 Å². The molecule has 0 spiro atoms. The Labute approximate surface area is 132 Å². The molecule has 1 rings (SSSR count). The first-order chi connectivity index (χ1) is 10.3. The van der Waals surface area contributed by atoms with Crippen LogP contribution in [0.5, 0.6) is 0 Å². The zero-order valence-electron chi connectivity index (χ0n) is 14.2. The van der Waals surface area contributed by atoms with Gasteiger partial charge in [-0.25, -0.2) is 0 Å². The zero-order valence-corrected chi connectivity index (χ0v) is 14.2. The second kappa shape index (κ2) is 12.9. The summed E-state index contributed by atoms with van der Waals surface area (Å²) in [5.74, 6) is 0. The number of rotatable bonds is 13. The molecule has 0 bridgehead atoms. The van der Waals surface area contributed by atoms with Gasteiger partial charge in [0.1, 0.15) is 0 Å². The van der Waals surface area contributed by atoms with Crippen molar-refractivity contribution >= 4 is 0 Å². The topological polar surface area (TPSA) is 12.0 Å². The summed E-state index contributed by atoms with van der Waals surface area (Å²) < 4.78 is 0. The molecule has 0 heterocycles. The molecule has 1 aromatic carbocycles. The molecule has 0 aliphatic rings. The van der Waals surface area contributed by atoms with Crippen LogP contribution in [0.25, 0.3) is 0 Å². The molecule has 120 valence electrons. The highest BCUT2D eigenvalue weighted by Crippen LogP contribution is 2.11. The molecule has 0 aromatic heterocycles. The Morgan fingerprint density at radius 3 is 2.00 bits per heavy atom. The van der Waals surface area contributed by atoms with E-state index in [9.17, 15) is 0 Å². The zero-order chi connectivity index (χ0) is 15.2. The van der Waals surface area contributed by atoms with Crippen LogP contribution in [-0.2, 0) is 6.54 Å². The van der Waals surface area contributed by atoms with Crippen LogP contribution in [-0.4, -0.2) is 6.04 Å². The predicted molar refractivity (Wildman–Crippen MR) is 94.6 cm³/mol. The predicted octanol–water partition coefficient (Wildman–Crippen LogP) is 6.09. The minimum atomic E-state index is 0.634. The van der Waals surface area contributed by atoms with Crippen molar-refractivity contribution in [3.8, 4) is 0 Å². The van der Waals surface area contributed by atoms with Crippen molar-refractivity contribution in [2.45, 2.75) is 90.6 Å². The van der Waals surface area contributed by atoms with Gasteiger partial charge in [-0.05, 0) is 18.9 Å².